The monoisotopic (exact) mass is 454 g/mol. The number of hydrogen-bond acceptors (Lipinski definition) is 7. The molecule has 0 radical (unpaired) electrons. The maximum atomic E-state index is 12.8. The maximum Gasteiger partial charge on any atom is 0.326 e. The summed E-state index contributed by atoms with van der Waals surface area (Å²) in [6.45, 7) is 3.39. The van der Waals surface area contributed by atoms with Crippen LogP contribution in [0.1, 0.15) is 38.8 Å². The van der Waals surface area contributed by atoms with E-state index in [-0.39, 0.29) is 31.7 Å². The number of amides is 3. The van der Waals surface area contributed by atoms with E-state index in [2.05, 4.69) is 25.9 Å². The first-order chi connectivity index (χ1) is 15.0. The molecule has 1 aromatic rings. The number of aliphatic carboxylic acids is 2. The third-order valence-corrected chi connectivity index (χ3v) is 4.42. The van der Waals surface area contributed by atoms with Gasteiger partial charge in [0, 0.05) is 24.7 Å². The van der Waals surface area contributed by atoms with Gasteiger partial charge in [-0.05, 0) is 18.8 Å². The van der Waals surface area contributed by atoms with Crippen LogP contribution in [0.15, 0.2) is 12.5 Å². The Balaban J connectivity index is 3.01. The van der Waals surface area contributed by atoms with Crippen LogP contribution in [0.25, 0.3) is 0 Å². The Morgan fingerprint density at radius 3 is 2.16 bits per heavy atom. The van der Waals surface area contributed by atoms with Gasteiger partial charge in [-0.15, -0.1) is 0 Å². The van der Waals surface area contributed by atoms with Crippen molar-refractivity contribution in [1.82, 2.24) is 25.9 Å². The van der Waals surface area contributed by atoms with E-state index in [4.69, 9.17) is 10.8 Å². The van der Waals surface area contributed by atoms with Crippen molar-refractivity contribution >= 4 is 29.7 Å². The molecule has 1 heterocycles. The molecule has 0 saturated carbocycles. The van der Waals surface area contributed by atoms with Crippen molar-refractivity contribution in [2.24, 2.45) is 11.7 Å². The van der Waals surface area contributed by atoms with E-state index in [9.17, 15) is 29.1 Å². The van der Waals surface area contributed by atoms with Gasteiger partial charge in [0.05, 0.1) is 12.9 Å². The number of rotatable bonds is 14. The smallest absolute Gasteiger partial charge is 0.326 e. The molecule has 0 spiro atoms. The molecule has 0 saturated heterocycles. The molecule has 0 aliphatic rings. The Kier molecular flexibility index (Phi) is 10.8. The molecular weight excluding hydrogens is 424 g/mol. The second-order valence-electron chi connectivity index (χ2n) is 7.63. The highest BCUT2D eigenvalue weighted by atomic mass is 16.4. The molecule has 0 aromatic carbocycles. The van der Waals surface area contributed by atoms with Crippen molar-refractivity contribution in [3.8, 4) is 0 Å². The zero-order chi connectivity index (χ0) is 24.3. The fourth-order valence-corrected chi connectivity index (χ4v) is 2.85. The van der Waals surface area contributed by atoms with Crippen LogP contribution in [-0.4, -0.2) is 74.5 Å². The molecule has 1 aromatic heterocycles. The first-order valence-electron chi connectivity index (χ1n) is 10.1. The molecular formula is C19H30N6O7. The standard InChI is InChI=1S/C19H30N6O7/c1-10(2)5-13(23-15(26)7-20)17(29)25-14(6-11-8-21-9-22-11)18(30)24-12(19(31)32)3-4-16(27)28/h8-10,12-14H,3-7,20H2,1-2H3,(H,21,22)(H,23,26)(H,24,30)(H,25,29)(H,27,28)(H,31,32). The van der Waals surface area contributed by atoms with E-state index < -0.39 is 54.2 Å². The zero-order valence-electron chi connectivity index (χ0n) is 18.0. The van der Waals surface area contributed by atoms with Gasteiger partial charge in [0.25, 0.3) is 0 Å². The van der Waals surface area contributed by atoms with Gasteiger partial charge in [-0.3, -0.25) is 19.2 Å². The molecule has 8 N–H and O–H groups in total. The highest BCUT2D eigenvalue weighted by Crippen LogP contribution is 2.08. The lowest BCUT2D eigenvalue weighted by atomic mass is 10.0. The van der Waals surface area contributed by atoms with Crippen LogP contribution in [0.2, 0.25) is 0 Å². The molecule has 13 heteroatoms. The Labute approximate surface area is 184 Å². The summed E-state index contributed by atoms with van der Waals surface area (Å²) in [7, 11) is 0. The minimum Gasteiger partial charge on any atom is -0.481 e. The van der Waals surface area contributed by atoms with Crippen LogP contribution < -0.4 is 21.7 Å². The number of carbonyl (C=O) groups is 5. The first kappa shape index (κ1) is 26.6. The average Bonchev–Trinajstić information content (AvgIpc) is 3.22. The number of carboxylic acids is 2. The Hall–Kier alpha value is -3.48. The van der Waals surface area contributed by atoms with Gasteiger partial charge < -0.3 is 36.9 Å². The van der Waals surface area contributed by atoms with E-state index in [1.54, 1.807) is 0 Å². The van der Waals surface area contributed by atoms with Gasteiger partial charge in [-0.25, -0.2) is 9.78 Å². The summed E-state index contributed by atoms with van der Waals surface area (Å²) < 4.78 is 0. The van der Waals surface area contributed by atoms with E-state index in [0.29, 0.717) is 5.69 Å². The minimum atomic E-state index is -1.46. The number of imidazole rings is 1. The van der Waals surface area contributed by atoms with E-state index in [1.807, 2.05) is 13.8 Å². The highest BCUT2D eigenvalue weighted by Gasteiger charge is 2.30. The fraction of sp³-hybridized carbons (Fsp3) is 0.579. The second-order valence-corrected chi connectivity index (χ2v) is 7.63. The molecule has 3 unspecified atom stereocenters. The zero-order valence-corrected chi connectivity index (χ0v) is 18.0. The lowest BCUT2D eigenvalue weighted by Crippen LogP contribution is -2.57. The van der Waals surface area contributed by atoms with Crippen LogP contribution in [0.4, 0.5) is 0 Å². The number of aromatic amines is 1. The number of nitrogens with one attached hydrogen (secondary N) is 4. The van der Waals surface area contributed by atoms with Gasteiger partial charge in [0.15, 0.2) is 0 Å². The lowest BCUT2D eigenvalue weighted by Gasteiger charge is -2.25. The van der Waals surface area contributed by atoms with Gasteiger partial charge in [-0.1, -0.05) is 13.8 Å². The van der Waals surface area contributed by atoms with Crippen molar-refractivity contribution in [1.29, 1.82) is 0 Å². The third-order valence-electron chi connectivity index (χ3n) is 4.42. The third kappa shape index (κ3) is 9.55. The van der Waals surface area contributed by atoms with Crippen molar-refractivity contribution in [2.45, 2.75) is 57.7 Å². The fourth-order valence-electron chi connectivity index (χ4n) is 2.85. The van der Waals surface area contributed by atoms with E-state index in [0.717, 1.165) is 0 Å². The summed E-state index contributed by atoms with van der Waals surface area (Å²) in [5, 5.41) is 25.4. The summed E-state index contributed by atoms with van der Waals surface area (Å²) >= 11 is 0. The molecule has 1 rings (SSSR count). The molecule has 0 bridgehead atoms. The molecule has 13 nitrogen and oxygen atoms in total. The van der Waals surface area contributed by atoms with E-state index >= 15 is 0 Å². The molecule has 0 fully saturated rings. The summed E-state index contributed by atoms with van der Waals surface area (Å²) in [5.41, 5.74) is 5.80. The number of nitrogens with zero attached hydrogens (tertiary/aromatic N) is 1. The van der Waals surface area contributed by atoms with Gasteiger partial charge >= 0.3 is 11.9 Å². The number of nitrogens with two attached hydrogens (primary N) is 1. The van der Waals surface area contributed by atoms with Crippen molar-refractivity contribution in [3.63, 3.8) is 0 Å². The summed E-state index contributed by atoms with van der Waals surface area (Å²) in [6, 6.07) is -3.62. The summed E-state index contributed by atoms with van der Waals surface area (Å²) in [5.74, 6) is -4.58. The quantitative estimate of drug-likeness (QED) is 0.171. The second kappa shape index (κ2) is 13.0. The lowest BCUT2D eigenvalue weighted by molar-refractivity contribution is -0.143. The van der Waals surface area contributed by atoms with Crippen molar-refractivity contribution in [3.05, 3.63) is 18.2 Å². The predicted molar refractivity (Wildman–Crippen MR) is 111 cm³/mol. The minimum absolute atomic E-state index is 0.0381. The van der Waals surface area contributed by atoms with Crippen molar-refractivity contribution in [2.75, 3.05) is 6.54 Å². The van der Waals surface area contributed by atoms with Crippen LogP contribution in [0, 0.1) is 5.92 Å². The Morgan fingerprint density at radius 1 is 1.03 bits per heavy atom. The average molecular weight is 454 g/mol. The van der Waals surface area contributed by atoms with E-state index in [1.165, 1.54) is 12.5 Å². The summed E-state index contributed by atoms with van der Waals surface area (Å²) in [6.07, 6.45) is 2.27. The Morgan fingerprint density at radius 2 is 1.66 bits per heavy atom. The number of H-pyrrole nitrogens is 1. The molecule has 3 atom stereocenters. The number of aromatic nitrogens is 2. The molecule has 3 amide bonds. The largest absolute Gasteiger partial charge is 0.481 e. The summed E-state index contributed by atoms with van der Waals surface area (Å²) in [4.78, 5) is 66.2. The predicted octanol–water partition coefficient (Wildman–Crippen LogP) is -1.64. The molecule has 178 valence electrons. The highest BCUT2D eigenvalue weighted by molar-refractivity contribution is 5.93. The van der Waals surface area contributed by atoms with Crippen molar-refractivity contribution < 1.29 is 34.2 Å². The number of carbonyl (C=O) groups excluding carboxylic acids is 3. The normalized spacial score (nSPS) is 13.6. The number of carboxylic acid groups (broad SMARTS) is 2. The first-order valence-corrected chi connectivity index (χ1v) is 10.1. The van der Waals surface area contributed by atoms with Crippen LogP contribution in [0.5, 0.6) is 0 Å². The van der Waals surface area contributed by atoms with Gasteiger partial charge in [0.1, 0.15) is 18.1 Å². The maximum absolute atomic E-state index is 12.8. The van der Waals surface area contributed by atoms with Gasteiger partial charge in [0.2, 0.25) is 17.7 Å². The van der Waals surface area contributed by atoms with Gasteiger partial charge in [-0.2, -0.15) is 0 Å². The SMILES string of the molecule is CC(C)CC(NC(=O)CN)C(=O)NC(Cc1cnc[nH]1)C(=O)NC(CCC(=O)O)C(=O)O. The van der Waals surface area contributed by atoms with Crippen LogP contribution >= 0.6 is 0 Å². The molecule has 0 aliphatic carbocycles. The molecule has 0 aliphatic heterocycles. The Bertz CT molecular complexity index is 796. The topological polar surface area (TPSA) is 217 Å². The number of hydrogen-bond donors (Lipinski definition) is 7. The van der Waals surface area contributed by atoms with Crippen LogP contribution in [0.3, 0.4) is 0 Å². The molecule has 32 heavy (non-hydrogen) atoms. The van der Waals surface area contributed by atoms with Crippen LogP contribution in [-0.2, 0) is 30.4 Å².